The highest BCUT2D eigenvalue weighted by atomic mass is 32.1. The van der Waals surface area contributed by atoms with Gasteiger partial charge in [-0.1, -0.05) is 12.1 Å². The van der Waals surface area contributed by atoms with Gasteiger partial charge in [0.15, 0.2) is 0 Å². The number of rotatable bonds is 5. The van der Waals surface area contributed by atoms with Gasteiger partial charge in [-0.05, 0) is 20.0 Å². The predicted molar refractivity (Wildman–Crippen MR) is 79.4 cm³/mol. The van der Waals surface area contributed by atoms with Gasteiger partial charge in [0.1, 0.15) is 11.7 Å². The highest BCUT2D eigenvalue weighted by molar-refractivity contribution is 7.09. The molecule has 0 aliphatic heterocycles. The van der Waals surface area contributed by atoms with Crippen molar-refractivity contribution in [1.29, 1.82) is 5.41 Å². The van der Waals surface area contributed by atoms with Gasteiger partial charge in [-0.25, -0.2) is 9.37 Å². The van der Waals surface area contributed by atoms with Gasteiger partial charge in [0.2, 0.25) is 0 Å². The lowest BCUT2D eigenvalue weighted by atomic mass is 10.1. The number of nitrogen functional groups attached to an aromatic ring is 1. The van der Waals surface area contributed by atoms with Crippen molar-refractivity contribution in [3.8, 4) is 0 Å². The van der Waals surface area contributed by atoms with E-state index in [1.807, 2.05) is 24.4 Å². The maximum atomic E-state index is 14.2. The van der Waals surface area contributed by atoms with E-state index in [2.05, 4.69) is 4.98 Å². The molecule has 0 aliphatic carbocycles. The normalized spacial score (nSPS) is 11.0. The number of aromatic nitrogens is 1. The molecule has 0 amide bonds. The van der Waals surface area contributed by atoms with Crippen molar-refractivity contribution >= 4 is 17.2 Å². The monoisotopic (exact) mass is 292 g/mol. The molecule has 0 atom stereocenters. The van der Waals surface area contributed by atoms with E-state index in [1.165, 1.54) is 10.9 Å². The Kier molecular flexibility index (Phi) is 4.46. The van der Waals surface area contributed by atoms with Gasteiger partial charge in [-0.15, -0.1) is 11.3 Å². The quantitative estimate of drug-likeness (QED) is 0.657. The van der Waals surface area contributed by atoms with Crippen molar-refractivity contribution in [2.75, 3.05) is 7.05 Å². The first-order valence-corrected chi connectivity index (χ1v) is 7.06. The summed E-state index contributed by atoms with van der Waals surface area (Å²) in [5.41, 5.74) is 8.90. The van der Waals surface area contributed by atoms with E-state index in [4.69, 9.17) is 11.1 Å². The number of nitrogens with zero attached hydrogens (tertiary/aromatic N) is 2. The molecule has 0 fully saturated rings. The van der Waals surface area contributed by atoms with E-state index in [1.54, 1.807) is 23.5 Å². The van der Waals surface area contributed by atoms with Crippen LogP contribution in [0.3, 0.4) is 0 Å². The van der Waals surface area contributed by atoms with Gasteiger partial charge >= 0.3 is 0 Å². The van der Waals surface area contributed by atoms with E-state index >= 15 is 0 Å². The molecule has 1 aromatic carbocycles. The number of hydrogen-bond donors (Lipinski definition) is 2. The Bertz CT molecular complexity index is 623. The summed E-state index contributed by atoms with van der Waals surface area (Å²) in [6.07, 6.45) is 0. The average molecular weight is 292 g/mol. The van der Waals surface area contributed by atoms with Crippen LogP contribution >= 0.6 is 11.3 Å². The lowest BCUT2D eigenvalue weighted by Gasteiger charge is -2.17. The second-order valence-corrected chi connectivity index (χ2v) is 5.66. The van der Waals surface area contributed by atoms with Crippen molar-refractivity contribution in [1.82, 2.24) is 9.88 Å². The zero-order chi connectivity index (χ0) is 14.7. The molecule has 2 aromatic rings. The molecule has 0 spiro atoms. The van der Waals surface area contributed by atoms with Crippen molar-refractivity contribution < 1.29 is 4.39 Å². The second kappa shape index (κ2) is 6.11. The minimum atomic E-state index is -0.409. The maximum absolute atomic E-state index is 14.2. The van der Waals surface area contributed by atoms with Crippen LogP contribution in [0.2, 0.25) is 0 Å². The van der Waals surface area contributed by atoms with Crippen LogP contribution in [-0.2, 0) is 13.1 Å². The number of halogens is 1. The minimum absolute atomic E-state index is 0.157. The first-order chi connectivity index (χ1) is 9.49. The van der Waals surface area contributed by atoms with Gasteiger partial charge < -0.3 is 5.73 Å². The number of nitrogens with two attached hydrogens (primary N) is 1. The lowest BCUT2D eigenvalue weighted by molar-refractivity contribution is 0.315. The topological polar surface area (TPSA) is 66.0 Å². The fourth-order valence-corrected chi connectivity index (χ4v) is 2.84. The van der Waals surface area contributed by atoms with Crippen LogP contribution < -0.4 is 5.73 Å². The summed E-state index contributed by atoms with van der Waals surface area (Å²) in [6, 6.07) is 4.97. The molecule has 6 heteroatoms. The molecule has 106 valence electrons. The molecular weight excluding hydrogens is 275 g/mol. The summed E-state index contributed by atoms with van der Waals surface area (Å²) < 4.78 is 14.2. The van der Waals surface area contributed by atoms with Gasteiger partial charge in [0.05, 0.1) is 16.8 Å². The SMILES string of the molecule is Cc1ncsc1CN(C)Cc1cccc(C(=N)N)c1F. The van der Waals surface area contributed by atoms with E-state index in [0.29, 0.717) is 12.1 Å². The second-order valence-electron chi connectivity index (χ2n) is 4.73. The van der Waals surface area contributed by atoms with E-state index in [-0.39, 0.29) is 11.4 Å². The number of thiazole rings is 1. The van der Waals surface area contributed by atoms with Crippen LogP contribution in [0.15, 0.2) is 23.7 Å². The molecule has 3 N–H and O–H groups in total. The number of aryl methyl sites for hydroxylation is 1. The summed E-state index contributed by atoms with van der Waals surface area (Å²) in [7, 11) is 1.93. The first kappa shape index (κ1) is 14.6. The molecule has 2 rings (SSSR count). The number of amidine groups is 1. The molecule has 0 bridgehead atoms. The zero-order valence-corrected chi connectivity index (χ0v) is 12.3. The molecule has 0 saturated heterocycles. The third-order valence-corrected chi connectivity index (χ3v) is 3.99. The van der Waals surface area contributed by atoms with Crippen LogP contribution in [0.5, 0.6) is 0 Å². The fourth-order valence-electron chi connectivity index (χ4n) is 1.98. The molecule has 1 aromatic heterocycles. The predicted octanol–water partition coefficient (Wildman–Crippen LogP) is 2.51. The Morgan fingerprint density at radius 2 is 2.20 bits per heavy atom. The van der Waals surface area contributed by atoms with Crippen LogP contribution in [0.25, 0.3) is 0 Å². The Morgan fingerprint density at radius 1 is 1.45 bits per heavy atom. The Labute approximate surface area is 121 Å². The van der Waals surface area contributed by atoms with Gasteiger partial charge in [0, 0.05) is 23.5 Å². The largest absolute Gasteiger partial charge is 0.384 e. The van der Waals surface area contributed by atoms with E-state index in [0.717, 1.165) is 12.2 Å². The van der Waals surface area contributed by atoms with E-state index in [9.17, 15) is 4.39 Å². The lowest BCUT2D eigenvalue weighted by Crippen LogP contribution is -2.20. The molecular formula is C14H17FN4S. The summed E-state index contributed by atoms with van der Waals surface area (Å²) in [6.45, 7) is 3.15. The number of hydrogen-bond acceptors (Lipinski definition) is 4. The molecule has 0 aliphatic rings. The summed E-state index contributed by atoms with van der Waals surface area (Å²) in [5.74, 6) is -0.654. The third-order valence-electron chi connectivity index (χ3n) is 3.07. The summed E-state index contributed by atoms with van der Waals surface area (Å²) >= 11 is 1.60. The number of nitrogens with one attached hydrogen (secondary N) is 1. The summed E-state index contributed by atoms with van der Waals surface area (Å²) in [5, 5.41) is 7.36. The maximum Gasteiger partial charge on any atom is 0.138 e. The third kappa shape index (κ3) is 3.20. The highest BCUT2D eigenvalue weighted by Gasteiger charge is 2.13. The number of benzene rings is 1. The molecule has 1 heterocycles. The van der Waals surface area contributed by atoms with Gasteiger partial charge in [-0.2, -0.15) is 0 Å². The van der Waals surface area contributed by atoms with Crippen LogP contribution in [0.1, 0.15) is 21.7 Å². The highest BCUT2D eigenvalue weighted by Crippen LogP contribution is 2.18. The van der Waals surface area contributed by atoms with Crippen molar-refractivity contribution in [3.05, 3.63) is 51.2 Å². The molecule has 0 radical (unpaired) electrons. The van der Waals surface area contributed by atoms with Crippen LogP contribution in [-0.4, -0.2) is 22.8 Å². The Morgan fingerprint density at radius 3 is 2.80 bits per heavy atom. The smallest absolute Gasteiger partial charge is 0.138 e. The average Bonchev–Trinajstić information content (AvgIpc) is 2.77. The zero-order valence-electron chi connectivity index (χ0n) is 11.5. The molecule has 20 heavy (non-hydrogen) atoms. The van der Waals surface area contributed by atoms with Crippen LogP contribution in [0, 0.1) is 18.2 Å². The Hall–Kier alpha value is -1.79. The van der Waals surface area contributed by atoms with Crippen molar-refractivity contribution in [3.63, 3.8) is 0 Å². The molecule has 0 saturated carbocycles. The molecule has 4 nitrogen and oxygen atoms in total. The summed E-state index contributed by atoms with van der Waals surface area (Å²) in [4.78, 5) is 7.40. The van der Waals surface area contributed by atoms with Gasteiger partial charge in [-0.3, -0.25) is 10.3 Å². The van der Waals surface area contributed by atoms with Crippen LogP contribution in [0.4, 0.5) is 4.39 Å². The Balaban J connectivity index is 2.12. The van der Waals surface area contributed by atoms with Gasteiger partial charge in [0.25, 0.3) is 0 Å². The van der Waals surface area contributed by atoms with Crippen molar-refractivity contribution in [2.45, 2.75) is 20.0 Å². The fraction of sp³-hybridized carbons (Fsp3) is 0.286. The van der Waals surface area contributed by atoms with Crippen molar-refractivity contribution in [2.24, 2.45) is 5.73 Å². The molecule has 0 unspecified atom stereocenters. The first-order valence-electron chi connectivity index (χ1n) is 6.18. The standard InChI is InChI=1S/C14H17FN4S/c1-9-12(20-8-18-9)7-19(2)6-10-4-3-5-11(13(10)15)14(16)17/h3-5,8H,6-7H2,1-2H3,(H3,16,17). The minimum Gasteiger partial charge on any atom is -0.384 e. The van der Waals surface area contributed by atoms with E-state index < -0.39 is 5.82 Å².